The number of hydrogen-bond acceptors (Lipinski definition) is 5. The molecule has 0 saturated carbocycles. The molecule has 0 unspecified atom stereocenters. The van der Waals surface area contributed by atoms with Gasteiger partial charge in [-0.15, -0.1) is 0 Å². The molecule has 1 amide bonds. The fourth-order valence-electron chi connectivity index (χ4n) is 4.46. The predicted octanol–water partition coefficient (Wildman–Crippen LogP) is 5.61. The molecule has 6 nitrogen and oxygen atoms in total. The number of ether oxygens (including phenoxy) is 3. The van der Waals surface area contributed by atoms with Gasteiger partial charge in [-0.05, 0) is 92.4 Å². The first-order valence-corrected chi connectivity index (χ1v) is 12.7. The number of carbonyl (C=O) groups is 1. The second-order valence-corrected chi connectivity index (χ2v) is 9.10. The molecular weight excluding hydrogens is 452 g/mol. The molecule has 0 spiro atoms. The van der Waals surface area contributed by atoms with Gasteiger partial charge in [-0.2, -0.15) is 0 Å². The number of piperidine rings is 1. The first-order chi connectivity index (χ1) is 17.6. The fraction of sp³-hybridized carbons (Fsp3) is 0.367. The molecule has 6 heteroatoms. The van der Waals surface area contributed by atoms with Gasteiger partial charge in [0, 0.05) is 23.9 Å². The molecule has 1 aliphatic rings. The average molecular weight is 489 g/mol. The molecule has 3 aromatic carbocycles. The van der Waals surface area contributed by atoms with Crippen LogP contribution in [0.15, 0.2) is 66.7 Å². The summed E-state index contributed by atoms with van der Waals surface area (Å²) >= 11 is 0. The van der Waals surface area contributed by atoms with E-state index in [1.54, 1.807) is 14.2 Å². The van der Waals surface area contributed by atoms with Crippen molar-refractivity contribution >= 4 is 11.6 Å². The quantitative estimate of drug-likeness (QED) is 0.380. The summed E-state index contributed by atoms with van der Waals surface area (Å²) in [6.45, 7) is 3.92. The highest BCUT2D eigenvalue weighted by Crippen LogP contribution is 2.25. The molecule has 1 aliphatic heterocycles. The molecule has 0 aliphatic carbocycles. The smallest absolute Gasteiger partial charge is 0.255 e. The first-order valence-electron chi connectivity index (χ1n) is 12.7. The van der Waals surface area contributed by atoms with Crippen LogP contribution in [-0.2, 0) is 12.8 Å². The average Bonchev–Trinajstić information content (AvgIpc) is 2.93. The molecular formula is C30H36N2O4. The number of methoxy groups -OCH3 is 2. The molecule has 0 aromatic heterocycles. The Morgan fingerprint density at radius 3 is 2.17 bits per heavy atom. The summed E-state index contributed by atoms with van der Waals surface area (Å²) < 4.78 is 16.5. The summed E-state index contributed by atoms with van der Waals surface area (Å²) in [6.07, 6.45) is 5.53. The maximum atomic E-state index is 13.0. The number of anilines is 1. The SMILES string of the molecule is COc1ccc(CCc2ccc(OC)cc2NC(=O)c2ccc(OCCN3CCCCC3)cc2)cc1. The molecule has 36 heavy (non-hydrogen) atoms. The number of likely N-dealkylation sites (tertiary alicyclic amines) is 1. The number of nitrogens with zero attached hydrogens (tertiary/aromatic N) is 1. The molecule has 0 bridgehead atoms. The predicted molar refractivity (Wildman–Crippen MR) is 144 cm³/mol. The second-order valence-electron chi connectivity index (χ2n) is 9.10. The Balaban J connectivity index is 1.35. The van der Waals surface area contributed by atoms with Gasteiger partial charge in [0.05, 0.1) is 14.2 Å². The van der Waals surface area contributed by atoms with Gasteiger partial charge in [0.15, 0.2) is 0 Å². The topological polar surface area (TPSA) is 60.0 Å². The van der Waals surface area contributed by atoms with E-state index in [1.807, 2.05) is 54.6 Å². The van der Waals surface area contributed by atoms with Crippen LogP contribution in [0.25, 0.3) is 0 Å². The maximum Gasteiger partial charge on any atom is 0.255 e. The number of rotatable bonds is 11. The standard InChI is InChI=1S/C30H36N2O4/c1-34-26-13-7-23(8-14-26)6-9-24-10-17-28(35-2)22-29(24)31-30(33)25-11-15-27(16-12-25)36-21-20-32-18-4-3-5-19-32/h7-8,10-17,22H,3-6,9,18-21H2,1-2H3,(H,31,33). The van der Waals surface area contributed by atoms with Gasteiger partial charge in [0.1, 0.15) is 23.9 Å². The summed E-state index contributed by atoms with van der Waals surface area (Å²) in [5, 5.41) is 3.08. The van der Waals surface area contributed by atoms with Crippen molar-refractivity contribution in [2.24, 2.45) is 0 Å². The molecule has 0 radical (unpaired) electrons. The monoisotopic (exact) mass is 488 g/mol. The van der Waals surface area contributed by atoms with Crippen LogP contribution in [0.3, 0.4) is 0 Å². The van der Waals surface area contributed by atoms with Gasteiger partial charge in [0.25, 0.3) is 5.91 Å². The van der Waals surface area contributed by atoms with Crippen LogP contribution in [0.4, 0.5) is 5.69 Å². The lowest BCUT2D eigenvalue weighted by Gasteiger charge is -2.26. The molecule has 1 fully saturated rings. The first kappa shape index (κ1) is 25.6. The summed E-state index contributed by atoms with van der Waals surface area (Å²) in [7, 11) is 3.29. The minimum atomic E-state index is -0.159. The van der Waals surface area contributed by atoms with Crippen molar-refractivity contribution in [3.63, 3.8) is 0 Å². The molecule has 1 N–H and O–H groups in total. The Morgan fingerprint density at radius 2 is 1.47 bits per heavy atom. The van der Waals surface area contributed by atoms with Crippen molar-refractivity contribution in [1.82, 2.24) is 4.90 Å². The van der Waals surface area contributed by atoms with Gasteiger partial charge in [0.2, 0.25) is 0 Å². The third kappa shape index (κ3) is 7.25. The molecule has 1 heterocycles. The molecule has 0 atom stereocenters. The molecule has 1 saturated heterocycles. The lowest BCUT2D eigenvalue weighted by molar-refractivity contribution is 0.102. The van der Waals surface area contributed by atoms with Crippen LogP contribution in [0, 0.1) is 0 Å². The van der Waals surface area contributed by atoms with Crippen molar-refractivity contribution in [2.45, 2.75) is 32.1 Å². The minimum absolute atomic E-state index is 0.159. The number of carbonyl (C=O) groups excluding carboxylic acids is 1. The van der Waals surface area contributed by atoms with Gasteiger partial charge >= 0.3 is 0 Å². The highest BCUT2D eigenvalue weighted by molar-refractivity contribution is 6.04. The van der Waals surface area contributed by atoms with Crippen molar-refractivity contribution in [3.8, 4) is 17.2 Å². The third-order valence-electron chi connectivity index (χ3n) is 6.65. The van der Waals surface area contributed by atoms with Crippen LogP contribution < -0.4 is 19.5 Å². The van der Waals surface area contributed by atoms with Crippen molar-refractivity contribution in [3.05, 3.63) is 83.4 Å². The van der Waals surface area contributed by atoms with Crippen LogP contribution in [0.5, 0.6) is 17.2 Å². The Morgan fingerprint density at radius 1 is 0.806 bits per heavy atom. The number of hydrogen-bond donors (Lipinski definition) is 1. The Hall–Kier alpha value is -3.51. The Bertz CT molecular complexity index is 1110. The zero-order valence-corrected chi connectivity index (χ0v) is 21.3. The Labute approximate surface area is 214 Å². The van der Waals surface area contributed by atoms with E-state index in [-0.39, 0.29) is 5.91 Å². The number of amides is 1. The van der Waals surface area contributed by atoms with E-state index in [2.05, 4.69) is 22.3 Å². The molecule has 4 rings (SSSR count). The van der Waals surface area contributed by atoms with Gasteiger partial charge in [-0.1, -0.05) is 24.6 Å². The minimum Gasteiger partial charge on any atom is -0.497 e. The number of nitrogens with one attached hydrogen (secondary N) is 1. The normalized spacial score (nSPS) is 13.7. The zero-order chi connectivity index (χ0) is 25.2. The van der Waals surface area contributed by atoms with E-state index >= 15 is 0 Å². The van der Waals surface area contributed by atoms with Gasteiger partial charge in [-0.3, -0.25) is 9.69 Å². The second kappa shape index (κ2) is 13.0. The van der Waals surface area contributed by atoms with E-state index in [9.17, 15) is 4.79 Å². The van der Waals surface area contributed by atoms with E-state index in [1.165, 1.54) is 24.8 Å². The van der Waals surface area contributed by atoms with Gasteiger partial charge in [-0.25, -0.2) is 0 Å². The molecule has 190 valence electrons. The summed E-state index contributed by atoms with van der Waals surface area (Å²) in [5.74, 6) is 2.17. The van der Waals surface area contributed by atoms with E-state index in [0.717, 1.165) is 55.2 Å². The summed E-state index contributed by atoms with van der Waals surface area (Å²) in [6, 6.07) is 21.2. The van der Waals surface area contributed by atoms with E-state index in [0.29, 0.717) is 17.9 Å². The van der Waals surface area contributed by atoms with Crippen molar-refractivity contribution in [1.29, 1.82) is 0 Å². The third-order valence-corrected chi connectivity index (χ3v) is 6.65. The highest BCUT2D eigenvalue weighted by Gasteiger charge is 2.12. The highest BCUT2D eigenvalue weighted by atomic mass is 16.5. The van der Waals surface area contributed by atoms with Gasteiger partial charge < -0.3 is 19.5 Å². The largest absolute Gasteiger partial charge is 0.497 e. The van der Waals surface area contributed by atoms with Crippen LogP contribution in [0.1, 0.15) is 40.7 Å². The Kier molecular flexibility index (Phi) is 9.22. The lowest BCUT2D eigenvalue weighted by Crippen LogP contribution is -2.33. The van der Waals surface area contributed by atoms with E-state index < -0.39 is 0 Å². The maximum absolute atomic E-state index is 13.0. The van der Waals surface area contributed by atoms with Crippen LogP contribution >= 0.6 is 0 Å². The fourth-order valence-corrected chi connectivity index (χ4v) is 4.46. The number of benzene rings is 3. The van der Waals surface area contributed by atoms with Crippen LogP contribution in [0.2, 0.25) is 0 Å². The summed E-state index contributed by atoms with van der Waals surface area (Å²) in [4.78, 5) is 15.5. The summed E-state index contributed by atoms with van der Waals surface area (Å²) in [5.41, 5.74) is 3.61. The molecule has 3 aromatic rings. The number of aryl methyl sites for hydroxylation is 2. The van der Waals surface area contributed by atoms with Crippen molar-refractivity contribution < 1.29 is 19.0 Å². The van der Waals surface area contributed by atoms with Crippen LogP contribution in [-0.4, -0.2) is 51.3 Å². The lowest BCUT2D eigenvalue weighted by atomic mass is 10.0. The van der Waals surface area contributed by atoms with Crippen molar-refractivity contribution in [2.75, 3.05) is 45.8 Å². The van der Waals surface area contributed by atoms with E-state index in [4.69, 9.17) is 14.2 Å². The zero-order valence-electron chi connectivity index (χ0n) is 21.3.